The van der Waals surface area contributed by atoms with Crippen LogP contribution in [0.5, 0.6) is 0 Å². The van der Waals surface area contributed by atoms with Crippen LogP contribution in [-0.2, 0) is 0 Å². The van der Waals surface area contributed by atoms with Crippen LogP contribution < -0.4 is 5.32 Å². The summed E-state index contributed by atoms with van der Waals surface area (Å²) in [7, 11) is 1.83. The molecule has 88 valence electrons. The van der Waals surface area contributed by atoms with Gasteiger partial charge in [-0.25, -0.2) is 0 Å². The Hall–Kier alpha value is -2.42. The van der Waals surface area contributed by atoms with Crippen LogP contribution in [0.15, 0.2) is 54.6 Å². The van der Waals surface area contributed by atoms with E-state index in [1.807, 2.05) is 37.4 Å². The van der Waals surface area contributed by atoms with Crippen molar-refractivity contribution in [2.75, 3.05) is 12.4 Å². The average Bonchev–Trinajstić information content (AvgIpc) is 2.47. The molecule has 0 saturated heterocycles. The lowest BCUT2D eigenvalue weighted by Crippen LogP contribution is -1.95. The molecule has 0 unspecified atom stereocenters. The minimum atomic E-state index is 0.777. The molecule has 0 atom stereocenters. The molecule has 0 spiro atoms. The fraction of sp³-hybridized carbons (Fsp3) is 0.0667. The molecule has 3 rings (SSSR count). The van der Waals surface area contributed by atoms with Gasteiger partial charge in [-0.15, -0.1) is 10.2 Å². The Morgan fingerprint density at radius 1 is 0.833 bits per heavy atom. The molecule has 1 N–H and O–H groups in total. The summed E-state index contributed by atoms with van der Waals surface area (Å²) in [5.74, 6) is 0.777. The number of fused-ring (bicyclic) bond motifs is 1. The molecule has 0 amide bonds. The van der Waals surface area contributed by atoms with Gasteiger partial charge in [0.05, 0.1) is 5.69 Å². The van der Waals surface area contributed by atoms with Gasteiger partial charge in [-0.2, -0.15) is 0 Å². The molecule has 0 radical (unpaired) electrons. The number of hydrogen-bond acceptors (Lipinski definition) is 3. The SMILES string of the molecule is CNc1ccc(-c2cccc3ccccc23)nn1. The Kier molecular flexibility index (Phi) is 2.65. The van der Waals surface area contributed by atoms with Gasteiger partial charge in [-0.05, 0) is 22.9 Å². The molecule has 0 fully saturated rings. The molecule has 1 aromatic heterocycles. The highest BCUT2D eigenvalue weighted by Crippen LogP contribution is 2.26. The van der Waals surface area contributed by atoms with Gasteiger partial charge < -0.3 is 5.32 Å². The van der Waals surface area contributed by atoms with Gasteiger partial charge in [-0.1, -0.05) is 42.5 Å². The highest BCUT2D eigenvalue weighted by Gasteiger charge is 2.04. The van der Waals surface area contributed by atoms with Crippen molar-refractivity contribution >= 4 is 16.6 Å². The van der Waals surface area contributed by atoms with Gasteiger partial charge in [-0.3, -0.25) is 0 Å². The van der Waals surface area contributed by atoms with E-state index < -0.39 is 0 Å². The van der Waals surface area contributed by atoms with Gasteiger partial charge in [0.1, 0.15) is 5.82 Å². The number of rotatable bonds is 2. The molecule has 1 heterocycles. The van der Waals surface area contributed by atoms with Crippen LogP contribution in [0, 0.1) is 0 Å². The van der Waals surface area contributed by atoms with Crippen LogP contribution in [0.1, 0.15) is 0 Å². The van der Waals surface area contributed by atoms with Crippen LogP contribution in [0.4, 0.5) is 5.82 Å². The molecule has 0 bridgehead atoms. The van der Waals surface area contributed by atoms with Gasteiger partial charge in [0.2, 0.25) is 0 Å². The van der Waals surface area contributed by atoms with E-state index in [4.69, 9.17) is 0 Å². The molecule has 2 aromatic carbocycles. The zero-order chi connectivity index (χ0) is 12.4. The fourth-order valence-electron chi connectivity index (χ4n) is 2.06. The monoisotopic (exact) mass is 235 g/mol. The molecular weight excluding hydrogens is 222 g/mol. The van der Waals surface area contributed by atoms with E-state index in [1.165, 1.54) is 10.8 Å². The van der Waals surface area contributed by atoms with Crippen molar-refractivity contribution in [3.63, 3.8) is 0 Å². The standard InChI is InChI=1S/C15H13N3/c1-16-15-10-9-14(17-18-15)13-8-4-6-11-5-2-3-7-12(11)13/h2-10H,1H3,(H,16,18). The van der Waals surface area contributed by atoms with Gasteiger partial charge in [0.15, 0.2) is 0 Å². The maximum absolute atomic E-state index is 4.26. The Morgan fingerprint density at radius 2 is 1.67 bits per heavy atom. The van der Waals surface area contributed by atoms with Crippen molar-refractivity contribution in [1.29, 1.82) is 0 Å². The van der Waals surface area contributed by atoms with Gasteiger partial charge >= 0.3 is 0 Å². The normalized spacial score (nSPS) is 10.5. The minimum absolute atomic E-state index is 0.777. The second kappa shape index (κ2) is 4.45. The number of nitrogens with one attached hydrogen (secondary N) is 1. The topological polar surface area (TPSA) is 37.8 Å². The smallest absolute Gasteiger partial charge is 0.148 e. The van der Waals surface area contributed by atoms with Crippen molar-refractivity contribution in [3.05, 3.63) is 54.6 Å². The summed E-state index contributed by atoms with van der Waals surface area (Å²) in [5, 5.41) is 13.8. The zero-order valence-electron chi connectivity index (χ0n) is 10.1. The summed E-state index contributed by atoms with van der Waals surface area (Å²) in [6.07, 6.45) is 0. The lowest BCUT2D eigenvalue weighted by atomic mass is 10.0. The summed E-state index contributed by atoms with van der Waals surface area (Å²) >= 11 is 0. The first-order valence-corrected chi connectivity index (χ1v) is 5.88. The predicted molar refractivity (Wildman–Crippen MR) is 74.5 cm³/mol. The second-order valence-electron chi connectivity index (χ2n) is 4.08. The van der Waals surface area contributed by atoms with Crippen LogP contribution in [0.2, 0.25) is 0 Å². The molecule has 3 heteroatoms. The lowest BCUT2D eigenvalue weighted by molar-refractivity contribution is 1.04. The van der Waals surface area contributed by atoms with Gasteiger partial charge in [0.25, 0.3) is 0 Å². The largest absolute Gasteiger partial charge is 0.372 e. The van der Waals surface area contributed by atoms with Crippen molar-refractivity contribution in [1.82, 2.24) is 10.2 Å². The number of benzene rings is 2. The molecule has 0 aliphatic heterocycles. The third-order valence-corrected chi connectivity index (χ3v) is 2.99. The highest BCUT2D eigenvalue weighted by molar-refractivity contribution is 5.95. The van der Waals surface area contributed by atoms with E-state index >= 15 is 0 Å². The van der Waals surface area contributed by atoms with E-state index in [1.54, 1.807) is 0 Å². The maximum atomic E-state index is 4.26. The molecule has 18 heavy (non-hydrogen) atoms. The minimum Gasteiger partial charge on any atom is -0.372 e. The molecule has 0 aliphatic rings. The summed E-state index contributed by atoms with van der Waals surface area (Å²) < 4.78 is 0. The van der Waals surface area contributed by atoms with E-state index in [0.717, 1.165) is 17.1 Å². The summed E-state index contributed by atoms with van der Waals surface area (Å²) in [6, 6.07) is 18.4. The highest BCUT2D eigenvalue weighted by atomic mass is 15.2. The molecule has 3 aromatic rings. The van der Waals surface area contributed by atoms with E-state index in [0.29, 0.717) is 0 Å². The molecule has 3 nitrogen and oxygen atoms in total. The lowest BCUT2D eigenvalue weighted by Gasteiger charge is -2.06. The first kappa shape index (κ1) is 10.7. The summed E-state index contributed by atoms with van der Waals surface area (Å²) in [5.41, 5.74) is 2.01. The van der Waals surface area contributed by atoms with Crippen molar-refractivity contribution in [2.45, 2.75) is 0 Å². The number of anilines is 1. The van der Waals surface area contributed by atoms with Crippen LogP contribution >= 0.6 is 0 Å². The molecule has 0 saturated carbocycles. The van der Waals surface area contributed by atoms with E-state index in [-0.39, 0.29) is 0 Å². The van der Waals surface area contributed by atoms with E-state index in [9.17, 15) is 0 Å². The summed E-state index contributed by atoms with van der Waals surface area (Å²) in [6.45, 7) is 0. The Morgan fingerprint density at radius 3 is 2.44 bits per heavy atom. The van der Waals surface area contributed by atoms with Crippen LogP contribution in [-0.4, -0.2) is 17.2 Å². The first-order valence-electron chi connectivity index (χ1n) is 5.88. The Labute approximate surface area is 105 Å². The third-order valence-electron chi connectivity index (χ3n) is 2.99. The van der Waals surface area contributed by atoms with Crippen molar-refractivity contribution < 1.29 is 0 Å². The first-order chi connectivity index (χ1) is 8.88. The average molecular weight is 235 g/mol. The fourth-order valence-corrected chi connectivity index (χ4v) is 2.06. The third kappa shape index (κ3) is 1.80. The number of aromatic nitrogens is 2. The number of hydrogen-bond donors (Lipinski definition) is 1. The molecule has 0 aliphatic carbocycles. The quantitative estimate of drug-likeness (QED) is 0.740. The second-order valence-corrected chi connectivity index (χ2v) is 4.08. The predicted octanol–water partition coefficient (Wildman–Crippen LogP) is 3.34. The summed E-state index contributed by atoms with van der Waals surface area (Å²) in [4.78, 5) is 0. The van der Waals surface area contributed by atoms with Gasteiger partial charge in [0, 0.05) is 12.6 Å². The molecular formula is C15H13N3. The van der Waals surface area contributed by atoms with Crippen molar-refractivity contribution in [3.8, 4) is 11.3 Å². The Bertz CT molecular complexity index is 669. The van der Waals surface area contributed by atoms with E-state index in [2.05, 4.69) is 39.8 Å². The van der Waals surface area contributed by atoms with Crippen LogP contribution in [0.25, 0.3) is 22.0 Å². The zero-order valence-corrected chi connectivity index (χ0v) is 10.1. The Balaban J connectivity index is 2.18. The number of nitrogens with zero attached hydrogens (tertiary/aromatic N) is 2. The van der Waals surface area contributed by atoms with Crippen molar-refractivity contribution in [2.24, 2.45) is 0 Å². The van der Waals surface area contributed by atoms with Crippen LogP contribution in [0.3, 0.4) is 0 Å². The maximum Gasteiger partial charge on any atom is 0.148 e.